The van der Waals surface area contributed by atoms with E-state index in [4.69, 9.17) is 4.74 Å². The summed E-state index contributed by atoms with van der Waals surface area (Å²) in [6.45, 7) is 4.15. The van der Waals surface area contributed by atoms with Crippen molar-refractivity contribution in [1.82, 2.24) is 0 Å². The number of thioether (sulfide) groups is 1. The first-order valence-corrected chi connectivity index (χ1v) is 8.28. The zero-order valence-corrected chi connectivity index (χ0v) is 13.3. The Morgan fingerprint density at radius 3 is 2.81 bits per heavy atom. The van der Waals surface area contributed by atoms with Crippen LogP contribution in [0.2, 0.25) is 0 Å². The zero-order valence-electron chi connectivity index (χ0n) is 12.5. The van der Waals surface area contributed by atoms with Crippen molar-refractivity contribution in [3.05, 3.63) is 59.1 Å². The van der Waals surface area contributed by atoms with Crippen LogP contribution in [0.1, 0.15) is 37.4 Å². The SMILES string of the molecule is CSc1ccc2c(c1)C(c1cccc[n+]1[O-])CC(C)(C)O2. The molecule has 0 spiro atoms. The summed E-state index contributed by atoms with van der Waals surface area (Å²) in [6, 6.07) is 11.8. The van der Waals surface area contributed by atoms with Crippen LogP contribution in [0.5, 0.6) is 5.75 Å². The van der Waals surface area contributed by atoms with Crippen LogP contribution in [0, 0.1) is 5.21 Å². The monoisotopic (exact) mass is 301 g/mol. The minimum atomic E-state index is -0.276. The number of ether oxygens (including phenoxy) is 1. The molecule has 110 valence electrons. The molecule has 2 heterocycles. The van der Waals surface area contributed by atoms with E-state index in [1.54, 1.807) is 24.0 Å². The van der Waals surface area contributed by atoms with Gasteiger partial charge in [0.1, 0.15) is 11.4 Å². The van der Waals surface area contributed by atoms with Crippen molar-refractivity contribution in [2.75, 3.05) is 6.26 Å². The van der Waals surface area contributed by atoms with Crippen molar-refractivity contribution < 1.29 is 9.47 Å². The maximum absolute atomic E-state index is 12.2. The average molecular weight is 301 g/mol. The molecule has 1 unspecified atom stereocenters. The highest BCUT2D eigenvalue weighted by molar-refractivity contribution is 7.98. The number of aromatic nitrogens is 1. The Balaban J connectivity index is 2.15. The van der Waals surface area contributed by atoms with Gasteiger partial charge in [0.15, 0.2) is 6.20 Å². The molecule has 3 nitrogen and oxygen atoms in total. The third kappa shape index (κ3) is 2.72. The van der Waals surface area contributed by atoms with Gasteiger partial charge in [-0.2, -0.15) is 4.73 Å². The van der Waals surface area contributed by atoms with Crippen molar-refractivity contribution in [3.63, 3.8) is 0 Å². The Kier molecular flexibility index (Phi) is 3.57. The van der Waals surface area contributed by atoms with Gasteiger partial charge in [0.2, 0.25) is 5.69 Å². The normalized spacial score (nSPS) is 19.7. The summed E-state index contributed by atoms with van der Waals surface area (Å²) in [5.74, 6) is 0.951. The van der Waals surface area contributed by atoms with Crippen molar-refractivity contribution in [3.8, 4) is 5.75 Å². The van der Waals surface area contributed by atoms with Crippen LogP contribution in [-0.2, 0) is 0 Å². The minimum absolute atomic E-state index is 0.0644. The lowest BCUT2D eigenvalue weighted by molar-refractivity contribution is -0.615. The second kappa shape index (κ2) is 5.26. The number of benzene rings is 1. The topological polar surface area (TPSA) is 36.2 Å². The molecule has 0 amide bonds. The lowest BCUT2D eigenvalue weighted by atomic mass is 9.82. The molecule has 0 aliphatic carbocycles. The molecular weight excluding hydrogens is 282 g/mol. The number of rotatable bonds is 2. The highest BCUT2D eigenvalue weighted by Gasteiger charge is 2.37. The maximum Gasteiger partial charge on any atom is 0.200 e. The van der Waals surface area contributed by atoms with Crippen molar-refractivity contribution in [2.24, 2.45) is 0 Å². The molecule has 0 saturated carbocycles. The van der Waals surface area contributed by atoms with Gasteiger partial charge in [-0.15, -0.1) is 11.8 Å². The summed E-state index contributed by atoms with van der Waals surface area (Å²) in [5.41, 5.74) is 1.62. The van der Waals surface area contributed by atoms with E-state index in [0.29, 0.717) is 0 Å². The molecule has 0 N–H and O–H groups in total. The second-order valence-corrected chi connectivity index (χ2v) is 6.85. The number of nitrogens with zero attached hydrogens (tertiary/aromatic N) is 1. The van der Waals surface area contributed by atoms with E-state index in [1.807, 2.05) is 18.2 Å². The summed E-state index contributed by atoms with van der Waals surface area (Å²) in [6.07, 6.45) is 4.42. The van der Waals surface area contributed by atoms with Crippen molar-refractivity contribution >= 4 is 11.8 Å². The minimum Gasteiger partial charge on any atom is -0.618 e. The van der Waals surface area contributed by atoms with Gasteiger partial charge >= 0.3 is 0 Å². The number of hydrogen-bond donors (Lipinski definition) is 0. The highest BCUT2D eigenvalue weighted by Crippen LogP contribution is 2.44. The first-order chi connectivity index (χ1) is 10.00. The van der Waals surface area contributed by atoms with E-state index in [9.17, 15) is 5.21 Å². The molecule has 4 heteroatoms. The van der Waals surface area contributed by atoms with Crippen molar-refractivity contribution in [2.45, 2.75) is 36.7 Å². The maximum atomic E-state index is 12.2. The van der Waals surface area contributed by atoms with Gasteiger partial charge < -0.3 is 9.94 Å². The molecule has 2 aromatic rings. The molecule has 1 aliphatic heterocycles. The Morgan fingerprint density at radius 2 is 2.10 bits per heavy atom. The molecule has 0 saturated heterocycles. The largest absolute Gasteiger partial charge is 0.618 e. The first kappa shape index (κ1) is 14.3. The third-order valence-corrected chi connectivity index (χ3v) is 4.61. The van der Waals surface area contributed by atoms with Crippen LogP contribution in [0.4, 0.5) is 0 Å². The molecule has 0 bridgehead atoms. The van der Waals surface area contributed by atoms with E-state index in [0.717, 1.165) is 28.2 Å². The van der Waals surface area contributed by atoms with Gasteiger partial charge in [-0.3, -0.25) is 0 Å². The number of pyridine rings is 1. The quantitative estimate of drug-likeness (QED) is 0.482. The fourth-order valence-electron chi connectivity index (χ4n) is 2.93. The Bertz CT molecular complexity index is 670. The summed E-state index contributed by atoms with van der Waals surface area (Å²) < 4.78 is 7.06. The second-order valence-electron chi connectivity index (χ2n) is 5.97. The molecule has 0 fully saturated rings. The fourth-order valence-corrected chi connectivity index (χ4v) is 3.38. The summed E-state index contributed by atoms with van der Waals surface area (Å²) in [4.78, 5) is 1.19. The van der Waals surface area contributed by atoms with Gasteiger partial charge in [0.25, 0.3) is 0 Å². The third-order valence-electron chi connectivity index (χ3n) is 3.89. The van der Waals surface area contributed by atoms with Gasteiger partial charge in [0, 0.05) is 29.0 Å². The predicted octanol–water partition coefficient (Wildman–Crippen LogP) is 3.73. The molecular formula is C17H19NO2S. The van der Waals surface area contributed by atoms with Crippen LogP contribution in [-0.4, -0.2) is 11.9 Å². The van der Waals surface area contributed by atoms with E-state index in [2.05, 4.69) is 32.2 Å². The fraction of sp³-hybridized carbons (Fsp3) is 0.353. The molecule has 1 aromatic heterocycles. The molecule has 21 heavy (non-hydrogen) atoms. The van der Waals surface area contributed by atoms with Gasteiger partial charge in [-0.25, -0.2) is 0 Å². The lowest BCUT2D eigenvalue weighted by Crippen LogP contribution is -2.40. The van der Waals surface area contributed by atoms with Crippen LogP contribution in [0.15, 0.2) is 47.5 Å². The van der Waals surface area contributed by atoms with E-state index in [-0.39, 0.29) is 11.5 Å². The standard InChI is InChI=1S/C17H19NO2S/c1-17(2)11-14(15-6-4-5-9-18(15)19)13-10-12(21-3)7-8-16(13)20-17/h4-10,14H,11H2,1-3H3. The molecule has 1 atom stereocenters. The summed E-state index contributed by atoms with van der Waals surface area (Å²) in [5, 5.41) is 12.2. The predicted molar refractivity (Wildman–Crippen MR) is 84.8 cm³/mol. The van der Waals surface area contributed by atoms with Gasteiger partial charge in [0.05, 0.1) is 5.92 Å². The smallest absolute Gasteiger partial charge is 0.200 e. The van der Waals surface area contributed by atoms with Crippen LogP contribution < -0.4 is 9.47 Å². The summed E-state index contributed by atoms with van der Waals surface area (Å²) in [7, 11) is 0. The van der Waals surface area contributed by atoms with Crippen molar-refractivity contribution in [1.29, 1.82) is 0 Å². The molecule has 3 rings (SSSR count). The zero-order chi connectivity index (χ0) is 15.0. The van der Waals surface area contributed by atoms with Gasteiger partial charge in [-0.1, -0.05) is 0 Å². The lowest BCUT2D eigenvalue weighted by Gasteiger charge is -2.37. The molecule has 1 aromatic carbocycles. The number of fused-ring (bicyclic) bond motifs is 1. The van der Waals surface area contributed by atoms with Gasteiger partial charge in [-0.05, 0) is 44.4 Å². The van der Waals surface area contributed by atoms with E-state index in [1.165, 1.54) is 4.90 Å². The highest BCUT2D eigenvalue weighted by atomic mass is 32.2. The average Bonchev–Trinajstić information content (AvgIpc) is 2.46. The Morgan fingerprint density at radius 1 is 1.29 bits per heavy atom. The Hall–Kier alpha value is -1.68. The van der Waals surface area contributed by atoms with Crippen LogP contribution in [0.3, 0.4) is 0 Å². The summed E-state index contributed by atoms with van der Waals surface area (Å²) >= 11 is 1.70. The van der Waals surface area contributed by atoms with E-state index < -0.39 is 0 Å². The van der Waals surface area contributed by atoms with Crippen LogP contribution in [0.25, 0.3) is 0 Å². The van der Waals surface area contributed by atoms with Crippen LogP contribution >= 0.6 is 11.8 Å². The first-order valence-electron chi connectivity index (χ1n) is 7.05. The van der Waals surface area contributed by atoms with E-state index >= 15 is 0 Å². The molecule has 0 radical (unpaired) electrons. The number of hydrogen-bond acceptors (Lipinski definition) is 3. The molecule has 1 aliphatic rings. The Labute approximate surface area is 129 Å².